The van der Waals surface area contributed by atoms with Crippen molar-refractivity contribution in [1.29, 1.82) is 0 Å². The van der Waals surface area contributed by atoms with E-state index in [1.165, 1.54) is 20.9 Å². The summed E-state index contributed by atoms with van der Waals surface area (Å²) in [5.41, 5.74) is 0.555. The minimum absolute atomic E-state index is 0.187. The molecular formula is C21H25N5O3S3. The van der Waals surface area contributed by atoms with E-state index in [-0.39, 0.29) is 10.8 Å². The quantitative estimate of drug-likeness (QED) is 0.485. The van der Waals surface area contributed by atoms with Crippen molar-refractivity contribution in [2.45, 2.75) is 41.5 Å². The van der Waals surface area contributed by atoms with Gasteiger partial charge in [0.2, 0.25) is 15.9 Å². The molecule has 0 bridgehead atoms. The predicted octanol–water partition coefficient (Wildman–Crippen LogP) is 3.37. The minimum atomic E-state index is -3.46. The first-order valence-electron chi connectivity index (χ1n) is 10.3. The number of aromatic nitrogens is 3. The van der Waals surface area contributed by atoms with Gasteiger partial charge in [-0.25, -0.2) is 8.42 Å². The zero-order chi connectivity index (χ0) is 22.7. The Labute approximate surface area is 196 Å². The van der Waals surface area contributed by atoms with E-state index >= 15 is 0 Å². The number of rotatable bonds is 8. The molecule has 4 rings (SSSR count). The Hall–Kier alpha value is -2.21. The predicted molar refractivity (Wildman–Crippen MR) is 127 cm³/mol. The van der Waals surface area contributed by atoms with Gasteiger partial charge in [-0.2, -0.15) is 4.31 Å². The van der Waals surface area contributed by atoms with Gasteiger partial charge in [-0.15, -0.1) is 21.5 Å². The number of nitrogens with zero attached hydrogens (tertiary/aromatic N) is 4. The van der Waals surface area contributed by atoms with Crippen LogP contribution in [0, 0.1) is 0 Å². The molecule has 2 aromatic heterocycles. The van der Waals surface area contributed by atoms with Crippen molar-refractivity contribution in [3.8, 4) is 0 Å². The summed E-state index contributed by atoms with van der Waals surface area (Å²) in [6.45, 7) is 2.93. The number of thioether (sulfide) groups is 1. The Bertz CT molecular complexity index is 1170. The third-order valence-corrected chi connectivity index (χ3v) is 9.24. The highest BCUT2D eigenvalue weighted by Gasteiger charge is 2.27. The number of nitrogens with one attached hydrogen (secondary N) is 1. The molecule has 0 radical (unpaired) electrons. The van der Waals surface area contributed by atoms with E-state index in [1.54, 1.807) is 42.5 Å². The summed E-state index contributed by atoms with van der Waals surface area (Å²) in [5, 5.41) is 13.6. The highest BCUT2D eigenvalue weighted by molar-refractivity contribution is 8.00. The molecule has 1 fully saturated rings. The summed E-state index contributed by atoms with van der Waals surface area (Å²) in [5.74, 6) is 0.658. The second-order valence-corrected chi connectivity index (χ2v) is 11.9. The van der Waals surface area contributed by atoms with Crippen LogP contribution in [-0.4, -0.2) is 51.7 Å². The largest absolute Gasteiger partial charge is 0.325 e. The Balaban J connectivity index is 1.36. The first kappa shape index (κ1) is 23.0. The minimum Gasteiger partial charge on any atom is -0.325 e. The summed E-state index contributed by atoms with van der Waals surface area (Å²) in [4.78, 5) is 14.1. The lowest BCUT2D eigenvalue weighted by Crippen LogP contribution is -2.27. The lowest BCUT2D eigenvalue weighted by Gasteiger charge is -2.16. The molecule has 1 aliphatic rings. The molecule has 8 nitrogen and oxygen atoms in total. The van der Waals surface area contributed by atoms with Gasteiger partial charge < -0.3 is 9.88 Å². The van der Waals surface area contributed by atoms with Gasteiger partial charge in [0, 0.05) is 37.1 Å². The molecule has 1 atom stereocenters. The molecular weight excluding hydrogens is 466 g/mol. The molecule has 1 aliphatic heterocycles. The van der Waals surface area contributed by atoms with Crippen molar-refractivity contribution < 1.29 is 13.2 Å². The topological polar surface area (TPSA) is 97.2 Å². The maximum absolute atomic E-state index is 12.7. The second-order valence-electron chi connectivity index (χ2n) is 7.60. The Morgan fingerprint density at radius 1 is 1.19 bits per heavy atom. The fourth-order valence-corrected chi connectivity index (χ4v) is 6.47. The third-order valence-electron chi connectivity index (χ3n) is 5.31. The third kappa shape index (κ3) is 5.06. The number of hydrogen-bond donors (Lipinski definition) is 1. The monoisotopic (exact) mass is 491 g/mol. The summed E-state index contributed by atoms with van der Waals surface area (Å²) in [6, 6.07) is 10.4. The Morgan fingerprint density at radius 3 is 2.56 bits per heavy atom. The van der Waals surface area contributed by atoms with Crippen LogP contribution in [0.4, 0.5) is 5.69 Å². The molecule has 0 aliphatic carbocycles. The van der Waals surface area contributed by atoms with E-state index in [9.17, 15) is 13.2 Å². The lowest BCUT2D eigenvalue weighted by molar-refractivity contribution is -0.115. The molecule has 11 heteroatoms. The van der Waals surface area contributed by atoms with Crippen molar-refractivity contribution in [3.63, 3.8) is 0 Å². The van der Waals surface area contributed by atoms with Crippen LogP contribution in [-0.2, 0) is 28.3 Å². The molecule has 32 heavy (non-hydrogen) atoms. The van der Waals surface area contributed by atoms with Gasteiger partial charge in [-0.3, -0.25) is 4.79 Å². The summed E-state index contributed by atoms with van der Waals surface area (Å²) < 4.78 is 28.7. The second kappa shape index (κ2) is 9.74. The maximum Gasteiger partial charge on any atom is 0.243 e. The summed E-state index contributed by atoms with van der Waals surface area (Å²) >= 11 is 3.01. The molecule has 1 amide bonds. The fraction of sp³-hybridized carbons (Fsp3) is 0.381. The van der Waals surface area contributed by atoms with E-state index < -0.39 is 15.3 Å². The van der Waals surface area contributed by atoms with Crippen LogP contribution in [0.3, 0.4) is 0 Å². The molecule has 3 heterocycles. The van der Waals surface area contributed by atoms with Crippen LogP contribution in [0.15, 0.2) is 51.8 Å². The van der Waals surface area contributed by atoms with Gasteiger partial charge in [0.05, 0.1) is 10.1 Å². The average Bonchev–Trinajstić information content (AvgIpc) is 3.54. The van der Waals surface area contributed by atoms with Crippen LogP contribution < -0.4 is 5.32 Å². The molecule has 1 saturated heterocycles. The number of hydrogen-bond acceptors (Lipinski definition) is 7. The van der Waals surface area contributed by atoms with Crippen LogP contribution in [0.5, 0.6) is 0 Å². The van der Waals surface area contributed by atoms with Crippen LogP contribution in [0.2, 0.25) is 0 Å². The van der Waals surface area contributed by atoms with E-state index in [1.807, 2.05) is 23.1 Å². The first-order valence-corrected chi connectivity index (χ1v) is 13.5. The molecule has 1 N–H and O–H groups in total. The molecule has 0 spiro atoms. The molecule has 0 saturated carbocycles. The van der Waals surface area contributed by atoms with E-state index in [0.29, 0.717) is 30.4 Å². The highest BCUT2D eigenvalue weighted by atomic mass is 32.2. The zero-order valence-corrected chi connectivity index (χ0v) is 20.3. The van der Waals surface area contributed by atoms with Gasteiger partial charge in [0.15, 0.2) is 5.16 Å². The standard InChI is InChI=1S/C21H25N5O3S3/c1-15(31-21-24-23-19(25(21)2)14-17-6-5-13-30-17)20(27)22-16-7-9-18(10-8-16)32(28,29)26-11-3-4-12-26/h5-10,13,15H,3-4,11-12,14H2,1-2H3,(H,22,27)/t15-/m0/s1. The number of benzene rings is 1. The van der Waals surface area contributed by atoms with Crippen LogP contribution >= 0.6 is 23.1 Å². The van der Waals surface area contributed by atoms with Gasteiger partial charge in [0.25, 0.3) is 0 Å². The highest BCUT2D eigenvalue weighted by Crippen LogP contribution is 2.25. The fourth-order valence-electron chi connectivity index (χ4n) is 3.41. The first-order chi connectivity index (χ1) is 15.3. The van der Waals surface area contributed by atoms with Crippen LogP contribution in [0.25, 0.3) is 0 Å². The SMILES string of the molecule is C[C@H](Sc1nnc(Cc2cccs2)n1C)C(=O)Nc1ccc(S(=O)(=O)N2CCCC2)cc1. The Morgan fingerprint density at radius 2 is 1.91 bits per heavy atom. The molecule has 3 aromatic rings. The van der Waals surface area contributed by atoms with Crippen molar-refractivity contribution in [1.82, 2.24) is 19.1 Å². The smallest absolute Gasteiger partial charge is 0.243 e. The summed E-state index contributed by atoms with van der Waals surface area (Å²) in [7, 11) is -1.56. The normalized spacial score (nSPS) is 15.7. The summed E-state index contributed by atoms with van der Waals surface area (Å²) in [6.07, 6.45) is 2.49. The molecule has 170 valence electrons. The van der Waals surface area contributed by atoms with E-state index in [2.05, 4.69) is 21.6 Å². The van der Waals surface area contributed by atoms with Crippen LogP contribution in [0.1, 0.15) is 30.5 Å². The maximum atomic E-state index is 12.7. The number of carbonyl (C=O) groups is 1. The van der Waals surface area contributed by atoms with E-state index in [0.717, 1.165) is 18.7 Å². The molecule has 1 aromatic carbocycles. The molecule has 0 unspecified atom stereocenters. The van der Waals surface area contributed by atoms with Gasteiger partial charge in [-0.05, 0) is 55.5 Å². The number of carbonyl (C=O) groups excluding carboxylic acids is 1. The van der Waals surface area contributed by atoms with Crippen molar-refractivity contribution in [2.24, 2.45) is 7.05 Å². The van der Waals surface area contributed by atoms with Gasteiger partial charge >= 0.3 is 0 Å². The van der Waals surface area contributed by atoms with Crippen molar-refractivity contribution in [2.75, 3.05) is 18.4 Å². The van der Waals surface area contributed by atoms with E-state index in [4.69, 9.17) is 0 Å². The van der Waals surface area contributed by atoms with Gasteiger partial charge in [-0.1, -0.05) is 17.8 Å². The number of sulfonamides is 1. The van der Waals surface area contributed by atoms with Crippen molar-refractivity contribution in [3.05, 3.63) is 52.5 Å². The number of thiophene rings is 1. The van der Waals surface area contributed by atoms with Gasteiger partial charge in [0.1, 0.15) is 5.82 Å². The zero-order valence-electron chi connectivity index (χ0n) is 17.9. The van der Waals surface area contributed by atoms with Crippen molar-refractivity contribution >= 4 is 44.7 Å². The lowest BCUT2D eigenvalue weighted by atomic mass is 10.3. The average molecular weight is 492 g/mol. The number of amides is 1. The number of anilines is 1. The Kier molecular flexibility index (Phi) is 6.99.